The first-order chi connectivity index (χ1) is 9.50. The highest BCUT2D eigenvalue weighted by molar-refractivity contribution is 6.21. The maximum absolute atomic E-state index is 12.1. The van der Waals surface area contributed by atoms with Crippen LogP contribution in [0.3, 0.4) is 0 Å². The van der Waals surface area contributed by atoms with Gasteiger partial charge >= 0.3 is 0 Å². The molecule has 1 aliphatic rings. The van der Waals surface area contributed by atoms with E-state index in [9.17, 15) is 14.9 Å². The Bertz CT molecular complexity index is 533. The molecule has 2 unspecified atom stereocenters. The van der Waals surface area contributed by atoms with Crippen LogP contribution in [0.2, 0.25) is 0 Å². The molecule has 20 heavy (non-hydrogen) atoms. The number of nitrogens with zero attached hydrogens (tertiary/aromatic N) is 1. The zero-order valence-corrected chi connectivity index (χ0v) is 12.0. The van der Waals surface area contributed by atoms with Gasteiger partial charge < -0.3 is 5.32 Å². The smallest absolute Gasteiger partial charge is 0.273 e. The van der Waals surface area contributed by atoms with Crippen LogP contribution in [0, 0.1) is 23.0 Å². The number of carbonyl (C=O) groups is 1. The van der Waals surface area contributed by atoms with Crippen LogP contribution in [-0.4, -0.2) is 22.8 Å². The quantitative estimate of drug-likeness (QED) is 0.527. The van der Waals surface area contributed by atoms with Crippen LogP contribution < -0.4 is 5.32 Å². The third kappa shape index (κ3) is 3.10. The Balaban J connectivity index is 2.06. The molecule has 1 fully saturated rings. The number of benzene rings is 1. The SMILES string of the molecule is Cc1c(C(=O)NCC2CCCC2Cl)cccc1[N+](=O)[O-]. The number of halogens is 1. The summed E-state index contributed by atoms with van der Waals surface area (Å²) in [5.41, 5.74) is 0.709. The van der Waals surface area contributed by atoms with E-state index in [-0.39, 0.29) is 17.0 Å². The molecule has 1 amide bonds. The fourth-order valence-corrected chi connectivity index (χ4v) is 2.98. The average molecular weight is 297 g/mol. The summed E-state index contributed by atoms with van der Waals surface area (Å²) >= 11 is 6.17. The summed E-state index contributed by atoms with van der Waals surface area (Å²) in [5.74, 6) is 0.0154. The van der Waals surface area contributed by atoms with Crippen molar-refractivity contribution in [3.05, 3.63) is 39.4 Å². The summed E-state index contributed by atoms with van der Waals surface area (Å²) in [7, 11) is 0. The van der Waals surface area contributed by atoms with Crippen molar-refractivity contribution in [3.8, 4) is 0 Å². The minimum Gasteiger partial charge on any atom is -0.352 e. The van der Waals surface area contributed by atoms with Gasteiger partial charge in [0, 0.05) is 29.1 Å². The van der Waals surface area contributed by atoms with Gasteiger partial charge in [-0.25, -0.2) is 0 Å². The van der Waals surface area contributed by atoms with Gasteiger partial charge in [0.15, 0.2) is 0 Å². The summed E-state index contributed by atoms with van der Waals surface area (Å²) in [4.78, 5) is 22.5. The molecule has 1 aromatic rings. The van der Waals surface area contributed by atoms with E-state index in [0.717, 1.165) is 19.3 Å². The van der Waals surface area contributed by atoms with E-state index in [4.69, 9.17) is 11.6 Å². The Morgan fingerprint density at radius 1 is 1.50 bits per heavy atom. The van der Waals surface area contributed by atoms with Gasteiger partial charge in [0.1, 0.15) is 0 Å². The van der Waals surface area contributed by atoms with Gasteiger partial charge in [-0.2, -0.15) is 0 Å². The number of alkyl halides is 1. The maximum atomic E-state index is 12.1. The molecule has 1 aliphatic carbocycles. The maximum Gasteiger partial charge on any atom is 0.273 e. The molecule has 1 N–H and O–H groups in total. The molecular weight excluding hydrogens is 280 g/mol. The van der Waals surface area contributed by atoms with Crippen LogP contribution in [0.5, 0.6) is 0 Å². The van der Waals surface area contributed by atoms with Gasteiger partial charge in [-0.1, -0.05) is 12.5 Å². The largest absolute Gasteiger partial charge is 0.352 e. The van der Waals surface area contributed by atoms with Crippen molar-refractivity contribution in [2.24, 2.45) is 5.92 Å². The molecule has 1 saturated carbocycles. The van der Waals surface area contributed by atoms with Gasteiger partial charge in [-0.3, -0.25) is 14.9 Å². The summed E-state index contributed by atoms with van der Waals surface area (Å²) in [6, 6.07) is 4.53. The zero-order valence-electron chi connectivity index (χ0n) is 11.3. The lowest BCUT2D eigenvalue weighted by Crippen LogP contribution is -2.31. The first-order valence-corrected chi connectivity index (χ1v) is 7.10. The number of nitro benzene ring substituents is 1. The normalized spacial score (nSPS) is 21.7. The molecule has 5 nitrogen and oxygen atoms in total. The molecule has 1 aromatic carbocycles. The van der Waals surface area contributed by atoms with Crippen molar-refractivity contribution in [2.45, 2.75) is 31.6 Å². The number of hydrogen-bond acceptors (Lipinski definition) is 3. The lowest BCUT2D eigenvalue weighted by molar-refractivity contribution is -0.385. The standard InChI is InChI=1S/C14H17ClN2O3/c1-9-11(5-3-7-13(9)17(19)20)14(18)16-8-10-4-2-6-12(10)15/h3,5,7,10,12H,2,4,6,8H2,1H3,(H,16,18). The molecule has 0 aromatic heterocycles. The molecule has 0 aliphatic heterocycles. The lowest BCUT2D eigenvalue weighted by atomic mass is 10.0. The van der Waals surface area contributed by atoms with Crippen molar-refractivity contribution in [1.29, 1.82) is 0 Å². The molecule has 0 bridgehead atoms. The predicted molar refractivity (Wildman–Crippen MR) is 77.1 cm³/mol. The number of nitro groups is 1. The summed E-state index contributed by atoms with van der Waals surface area (Å²) in [6.45, 7) is 2.11. The van der Waals surface area contributed by atoms with Gasteiger partial charge in [-0.05, 0) is 31.7 Å². The van der Waals surface area contributed by atoms with Crippen molar-refractivity contribution in [1.82, 2.24) is 5.32 Å². The first kappa shape index (κ1) is 14.8. The third-order valence-corrected chi connectivity index (χ3v) is 4.41. The highest BCUT2D eigenvalue weighted by Gasteiger charge is 2.26. The fraction of sp³-hybridized carbons (Fsp3) is 0.500. The van der Waals surface area contributed by atoms with Gasteiger partial charge in [0.25, 0.3) is 11.6 Å². The predicted octanol–water partition coefficient (Wildman–Crippen LogP) is 3.04. The van der Waals surface area contributed by atoms with Crippen LogP contribution >= 0.6 is 11.6 Å². The van der Waals surface area contributed by atoms with Crippen molar-refractivity contribution >= 4 is 23.2 Å². The Morgan fingerprint density at radius 2 is 2.25 bits per heavy atom. The highest BCUT2D eigenvalue weighted by atomic mass is 35.5. The average Bonchev–Trinajstić information content (AvgIpc) is 2.81. The highest BCUT2D eigenvalue weighted by Crippen LogP contribution is 2.29. The van der Waals surface area contributed by atoms with E-state index in [0.29, 0.717) is 23.6 Å². The van der Waals surface area contributed by atoms with E-state index in [1.54, 1.807) is 13.0 Å². The second kappa shape index (κ2) is 6.22. The Morgan fingerprint density at radius 3 is 2.85 bits per heavy atom. The van der Waals surface area contributed by atoms with E-state index < -0.39 is 4.92 Å². The van der Waals surface area contributed by atoms with Crippen LogP contribution in [-0.2, 0) is 0 Å². The zero-order chi connectivity index (χ0) is 14.7. The molecule has 0 heterocycles. The lowest BCUT2D eigenvalue weighted by Gasteiger charge is -2.15. The van der Waals surface area contributed by atoms with Crippen LogP contribution in [0.25, 0.3) is 0 Å². The summed E-state index contributed by atoms with van der Waals surface area (Å²) in [5, 5.41) is 13.8. The summed E-state index contributed by atoms with van der Waals surface area (Å²) < 4.78 is 0. The molecule has 108 valence electrons. The number of hydrogen-bond donors (Lipinski definition) is 1. The van der Waals surface area contributed by atoms with Gasteiger partial charge in [-0.15, -0.1) is 11.6 Å². The molecule has 0 radical (unpaired) electrons. The molecule has 0 saturated heterocycles. The Kier molecular flexibility index (Phi) is 4.60. The molecule has 6 heteroatoms. The number of nitrogens with one attached hydrogen (secondary N) is 1. The van der Waals surface area contributed by atoms with Crippen LogP contribution in [0.4, 0.5) is 5.69 Å². The Hall–Kier alpha value is -1.62. The van der Waals surface area contributed by atoms with Crippen LogP contribution in [0.1, 0.15) is 35.2 Å². The molecule has 2 atom stereocenters. The Labute approximate surface area is 122 Å². The van der Waals surface area contributed by atoms with E-state index in [1.807, 2.05) is 0 Å². The minimum absolute atomic E-state index is 0.0336. The number of carbonyl (C=O) groups excluding carboxylic acids is 1. The van der Waals surface area contributed by atoms with Gasteiger partial charge in [0.05, 0.1) is 4.92 Å². The van der Waals surface area contributed by atoms with E-state index >= 15 is 0 Å². The first-order valence-electron chi connectivity index (χ1n) is 6.67. The van der Waals surface area contributed by atoms with Gasteiger partial charge in [0.2, 0.25) is 0 Å². The van der Waals surface area contributed by atoms with E-state index in [2.05, 4.69) is 5.32 Å². The molecule has 2 rings (SSSR count). The number of amides is 1. The topological polar surface area (TPSA) is 72.2 Å². The second-order valence-corrected chi connectivity index (χ2v) is 5.68. The molecule has 0 spiro atoms. The third-order valence-electron chi connectivity index (χ3n) is 3.84. The monoisotopic (exact) mass is 296 g/mol. The minimum atomic E-state index is -0.474. The number of rotatable bonds is 4. The van der Waals surface area contributed by atoms with E-state index in [1.165, 1.54) is 12.1 Å². The van der Waals surface area contributed by atoms with Crippen molar-refractivity contribution < 1.29 is 9.72 Å². The second-order valence-electron chi connectivity index (χ2n) is 5.12. The van der Waals surface area contributed by atoms with Crippen molar-refractivity contribution in [2.75, 3.05) is 6.54 Å². The van der Waals surface area contributed by atoms with Crippen molar-refractivity contribution in [3.63, 3.8) is 0 Å². The van der Waals surface area contributed by atoms with Crippen LogP contribution in [0.15, 0.2) is 18.2 Å². The summed E-state index contributed by atoms with van der Waals surface area (Å²) in [6.07, 6.45) is 3.09. The fourth-order valence-electron chi connectivity index (χ4n) is 2.61. The molecular formula is C14H17ClN2O3.